The number of hydrogen-bond donors (Lipinski definition) is 3. The third-order valence-corrected chi connectivity index (χ3v) is 4.27. The van der Waals surface area contributed by atoms with Gasteiger partial charge in [0.2, 0.25) is 0 Å². The average Bonchev–Trinajstić information content (AvgIpc) is 3.25. The third kappa shape index (κ3) is 3.43. The molecule has 5 nitrogen and oxygen atoms in total. The van der Waals surface area contributed by atoms with Gasteiger partial charge in [0.25, 0.3) is 0 Å². The summed E-state index contributed by atoms with van der Waals surface area (Å²) in [6.07, 6.45) is 2.09. The van der Waals surface area contributed by atoms with E-state index in [1.165, 1.54) is 0 Å². The van der Waals surface area contributed by atoms with Crippen molar-refractivity contribution in [1.29, 1.82) is 0 Å². The second kappa shape index (κ2) is 6.01. The van der Waals surface area contributed by atoms with Gasteiger partial charge >= 0.3 is 6.03 Å². The van der Waals surface area contributed by atoms with Gasteiger partial charge in [-0.3, -0.25) is 0 Å². The van der Waals surface area contributed by atoms with Gasteiger partial charge in [-0.2, -0.15) is 0 Å². The van der Waals surface area contributed by atoms with Crippen LogP contribution in [0, 0.1) is 5.92 Å². The zero-order valence-electron chi connectivity index (χ0n) is 11.6. The summed E-state index contributed by atoms with van der Waals surface area (Å²) in [6.45, 7) is 1.81. The number of amides is 2. The lowest BCUT2D eigenvalue weighted by Gasteiger charge is -2.28. The van der Waals surface area contributed by atoms with Gasteiger partial charge < -0.3 is 20.5 Å². The molecule has 1 unspecified atom stereocenters. The Morgan fingerprint density at radius 3 is 2.80 bits per heavy atom. The second-order valence-corrected chi connectivity index (χ2v) is 6.13. The Hall–Kier alpha value is -1.27. The van der Waals surface area contributed by atoms with E-state index < -0.39 is 5.54 Å². The van der Waals surface area contributed by atoms with E-state index in [1.807, 2.05) is 6.92 Å². The Morgan fingerprint density at radius 2 is 2.25 bits per heavy atom. The molecule has 0 bridgehead atoms. The Balaban J connectivity index is 2.00. The fraction of sp³-hybridized carbons (Fsp3) is 0.500. The van der Waals surface area contributed by atoms with Crippen LogP contribution >= 0.6 is 15.9 Å². The van der Waals surface area contributed by atoms with Crippen molar-refractivity contribution in [1.82, 2.24) is 5.32 Å². The zero-order valence-corrected chi connectivity index (χ0v) is 13.2. The highest BCUT2D eigenvalue weighted by molar-refractivity contribution is 9.10. The van der Waals surface area contributed by atoms with Crippen LogP contribution in [0.2, 0.25) is 0 Å². The lowest BCUT2D eigenvalue weighted by molar-refractivity contribution is 0.159. The molecule has 1 aliphatic carbocycles. The van der Waals surface area contributed by atoms with Crippen LogP contribution in [0.15, 0.2) is 22.7 Å². The molecule has 110 valence electrons. The van der Waals surface area contributed by atoms with Gasteiger partial charge in [-0.15, -0.1) is 0 Å². The summed E-state index contributed by atoms with van der Waals surface area (Å²) in [5.41, 5.74) is 0.0856. The van der Waals surface area contributed by atoms with Crippen molar-refractivity contribution in [3.63, 3.8) is 0 Å². The van der Waals surface area contributed by atoms with Crippen molar-refractivity contribution in [2.45, 2.75) is 25.3 Å². The van der Waals surface area contributed by atoms with E-state index >= 15 is 0 Å². The van der Waals surface area contributed by atoms with E-state index in [2.05, 4.69) is 26.6 Å². The minimum atomic E-state index is -0.552. The number of methoxy groups -OCH3 is 1. The number of rotatable bonds is 5. The number of hydrogen-bond acceptors (Lipinski definition) is 3. The molecule has 0 aliphatic heterocycles. The van der Waals surface area contributed by atoms with Crippen molar-refractivity contribution in [2.75, 3.05) is 19.0 Å². The first kappa shape index (κ1) is 15.1. The summed E-state index contributed by atoms with van der Waals surface area (Å²) in [5, 5.41) is 15.1. The average molecular weight is 343 g/mol. The first-order chi connectivity index (χ1) is 9.48. The van der Waals surface area contributed by atoms with Gasteiger partial charge in [-0.25, -0.2) is 4.79 Å². The molecule has 1 aromatic carbocycles. The topological polar surface area (TPSA) is 70.6 Å². The van der Waals surface area contributed by atoms with E-state index in [9.17, 15) is 9.90 Å². The van der Waals surface area contributed by atoms with Crippen LogP contribution in [0.4, 0.5) is 10.5 Å². The molecule has 1 saturated carbocycles. The second-order valence-electron chi connectivity index (χ2n) is 5.28. The standard InChI is InChI=1S/C14H19BrN2O3/c1-14(8-18,9-3-4-9)17-13(19)16-10-5-6-11(15)12(7-10)20-2/h5-7,9,18H,3-4,8H2,1-2H3,(H2,16,17,19). The molecule has 6 heteroatoms. The molecule has 1 aliphatic rings. The van der Waals surface area contributed by atoms with Crippen molar-refractivity contribution < 1.29 is 14.6 Å². The Morgan fingerprint density at radius 1 is 1.55 bits per heavy atom. The van der Waals surface area contributed by atoms with E-state index in [-0.39, 0.29) is 12.6 Å². The molecule has 0 spiro atoms. The molecule has 2 amide bonds. The van der Waals surface area contributed by atoms with Crippen molar-refractivity contribution in [3.8, 4) is 5.75 Å². The highest BCUT2D eigenvalue weighted by atomic mass is 79.9. The third-order valence-electron chi connectivity index (χ3n) is 3.61. The predicted molar refractivity (Wildman–Crippen MR) is 81.1 cm³/mol. The summed E-state index contributed by atoms with van der Waals surface area (Å²) in [7, 11) is 1.57. The van der Waals surface area contributed by atoms with Crippen molar-refractivity contribution in [3.05, 3.63) is 22.7 Å². The number of benzene rings is 1. The van der Waals surface area contributed by atoms with Crippen LogP contribution in [-0.2, 0) is 0 Å². The maximum Gasteiger partial charge on any atom is 0.319 e. The Labute approximate surface area is 126 Å². The first-order valence-electron chi connectivity index (χ1n) is 6.52. The van der Waals surface area contributed by atoms with Crippen LogP contribution in [0.5, 0.6) is 5.75 Å². The smallest absolute Gasteiger partial charge is 0.319 e. The van der Waals surface area contributed by atoms with Crippen LogP contribution < -0.4 is 15.4 Å². The van der Waals surface area contributed by atoms with Gasteiger partial charge in [0, 0.05) is 11.8 Å². The summed E-state index contributed by atoms with van der Waals surface area (Å²) in [6, 6.07) is 5.00. The van der Waals surface area contributed by atoms with Crippen molar-refractivity contribution >= 4 is 27.6 Å². The molecule has 0 heterocycles. The molecular weight excluding hydrogens is 324 g/mol. The lowest BCUT2D eigenvalue weighted by Crippen LogP contribution is -2.52. The largest absolute Gasteiger partial charge is 0.495 e. The van der Waals surface area contributed by atoms with E-state index in [0.29, 0.717) is 17.4 Å². The lowest BCUT2D eigenvalue weighted by atomic mass is 9.97. The van der Waals surface area contributed by atoms with Crippen LogP contribution in [0.1, 0.15) is 19.8 Å². The number of aliphatic hydroxyl groups excluding tert-OH is 1. The zero-order chi connectivity index (χ0) is 14.8. The van der Waals surface area contributed by atoms with Gasteiger partial charge in [-0.05, 0) is 53.7 Å². The first-order valence-corrected chi connectivity index (χ1v) is 7.31. The minimum Gasteiger partial charge on any atom is -0.495 e. The number of carbonyl (C=O) groups is 1. The molecule has 20 heavy (non-hydrogen) atoms. The number of aliphatic hydroxyl groups is 1. The molecule has 1 fully saturated rings. The summed E-state index contributed by atoms with van der Waals surface area (Å²) >= 11 is 3.36. The Kier molecular flexibility index (Phi) is 4.55. The molecule has 2 rings (SSSR count). The van der Waals surface area contributed by atoms with Gasteiger partial charge in [-0.1, -0.05) is 0 Å². The molecule has 0 saturated heterocycles. The van der Waals surface area contributed by atoms with Crippen LogP contribution in [0.3, 0.4) is 0 Å². The van der Waals surface area contributed by atoms with Crippen molar-refractivity contribution in [2.24, 2.45) is 5.92 Å². The summed E-state index contributed by atoms with van der Waals surface area (Å²) in [4.78, 5) is 12.0. The van der Waals surface area contributed by atoms with Crippen LogP contribution in [0.25, 0.3) is 0 Å². The summed E-state index contributed by atoms with van der Waals surface area (Å²) < 4.78 is 6.00. The predicted octanol–water partition coefficient (Wildman–Crippen LogP) is 2.74. The number of nitrogens with one attached hydrogen (secondary N) is 2. The molecule has 0 aromatic heterocycles. The number of urea groups is 1. The summed E-state index contributed by atoms with van der Waals surface area (Å²) in [5.74, 6) is 1.01. The van der Waals surface area contributed by atoms with Gasteiger partial charge in [0.15, 0.2) is 0 Å². The van der Waals surface area contributed by atoms with E-state index in [1.54, 1.807) is 25.3 Å². The number of halogens is 1. The molecule has 3 N–H and O–H groups in total. The highest BCUT2D eigenvalue weighted by Crippen LogP contribution is 2.39. The number of ether oxygens (including phenoxy) is 1. The fourth-order valence-electron chi connectivity index (χ4n) is 2.15. The maximum absolute atomic E-state index is 12.0. The Bertz CT molecular complexity index is 505. The molecule has 1 aromatic rings. The maximum atomic E-state index is 12.0. The normalized spacial score (nSPS) is 17.2. The highest BCUT2D eigenvalue weighted by Gasteiger charge is 2.42. The quantitative estimate of drug-likeness (QED) is 0.770. The minimum absolute atomic E-state index is 0.0608. The molecule has 0 radical (unpaired) electrons. The van der Waals surface area contributed by atoms with Gasteiger partial charge in [0.1, 0.15) is 5.75 Å². The molecule has 1 atom stereocenters. The fourth-order valence-corrected chi connectivity index (χ4v) is 2.56. The van der Waals surface area contributed by atoms with E-state index in [0.717, 1.165) is 17.3 Å². The number of carbonyl (C=O) groups excluding carboxylic acids is 1. The van der Waals surface area contributed by atoms with Crippen LogP contribution in [-0.4, -0.2) is 30.4 Å². The van der Waals surface area contributed by atoms with Gasteiger partial charge in [0.05, 0.1) is 23.7 Å². The number of anilines is 1. The SMILES string of the molecule is COc1cc(NC(=O)NC(C)(CO)C2CC2)ccc1Br. The monoisotopic (exact) mass is 342 g/mol. The molecular formula is C14H19BrN2O3. The van der Waals surface area contributed by atoms with E-state index in [4.69, 9.17) is 4.74 Å².